The molecule has 1 aliphatic rings. The van der Waals surface area contributed by atoms with Gasteiger partial charge in [-0.1, -0.05) is 22.9 Å². The van der Waals surface area contributed by atoms with Crippen LogP contribution < -0.4 is 10.1 Å². The lowest BCUT2D eigenvalue weighted by Gasteiger charge is -2.31. The van der Waals surface area contributed by atoms with Gasteiger partial charge in [-0.3, -0.25) is 4.79 Å². The number of carbonyl (C=O) groups excluding carboxylic acids is 1. The number of thiazole rings is 1. The lowest BCUT2D eigenvalue weighted by Crippen LogP contribution is -2.43. The zero-order valence-electron chi connectivity index (χ0n) is 19.6. The van der Waals surface area contributed by atoms with Crippen LogP contribution in [0.1, 0.15) is 18.5 Å². The van der Waals surface area contributed by atoms with Crippen LogP contribution in [0.25, 0.3) is 15.3 Å². The van der Waals surface area contributed by atoms with Crippen LogP contribution in [-0.4, -0.2) is 53.6 Å². The second-order valence-corrected chi connectivity index (χ2v) is 11.9. The zero-order chi connectivity index (χ0) is 25.4. The fourth-order valence-electron chi connectivity index (χ4n) is 4.21. The van der Waals surface area contributed by atoms with Gasteiger partial charge in [-0.2, -0.15) is 14.1 Å². The van der Waals surface area contributed by atoms with Crippen LogP contribution in [0.15, 0.2) is 53.4 Å². The third-order valence-electron chi connectivity index (χ3n) is 6.05. The predicted octanol–water partition coefficient (Wildman–Crippen LogP) is 4.49. The van der Waals surface area contributed by atoms with Gasteiger partial charge >= 0.3 is 0 Å². The number of piperidine rings is 1. The molecule has 36 heavy (non-hydrogen) atoms. The summed E-state index contributed by atoms with van der Waals surface area (Å²) in [6, 6.07) is 13.5. The molecule has 4 aromatic rings. The number of ether oxygens (including phenoxy) is 1. The quantitative estimate of drug-likeness (QED) is 0.382. The highest BCUT2D eigenvalue weighted by molar-refractivity contribution is 7.89. The lowest BCUT2D eigenvalue weighted by atomic mass is 9.99. The summed E-state index contributed by atoms with van der Waals surface area (Å²) in [4.78, 5) is 18.1. The van der Waals surface area contributed by atoms with E-state index in [4.69, 9.17) is 16.3 Å². The molecule has 1 atom stereocenters. The predicted molar refractivity (Wildman–Crippen MR) is 140 cm³/mol. The number of benzene rings is 2. The molecule has 5 rings (SSSR count). The van der Waals surface area contributed by atoms with Crippen LogP contribution in [0.5, 0.6) is 5.75 Å². The average molecular weight is 546 g/mol. The van der Waals surface area contributed by atoms with E-state index in [0.29, 0.717) is 41.1 Å². The highest BCUT2D eigenvalue weighted by Crippen LogP contribution is 2.31. The van der Waals surface area contributed by atoms with Gasteiger partial charge in [0.05, 0.1) is 33.8 Å². The molecule has 9 nitrogen and oxygen atoms in total. The highest BCUT2D eigenvalue weighted by Gasteiger charge is 2.33. The Morgan fingerprint density at radius 3 is 2.72 bits per heavy atom. The van der Waals surface area contributed by atoms with Gasteiger partial charge in [-0.05, 0) is 56.2 Å². The average Bonchev–Trinajstić information content (AvgIpc) is 3.46. The summed E-state index contributed by atoms with van der Waals surface area (Å²) in [6.45, 7) is 2.30. The van der Waals surface area contributed by atoms with E-state index >= 15 is 0 Å². The van der Waals surface area contributed by atoms with Crippen LogP contribution in [0.2, 0.25) is 5.02 Å². The Morgan fingerprint density at radius 1 is 1.19 bits per heavy atom. The molecule has 1 N–H and O–H groups in total. The first-order valence-corrected chi connectivity index (χ1v) is 14.0. The number of sulfonamides is 1. The first kappa shape index (κ1) is 24.7. The third kappa shape index (κ3) is 4.83. The van der Waals surface area contributed by atoms with Crippen molar-refractivity contribution in [3.8, 4) is 10.9 Å². The number of anilines is 1. The van der Waals surface area contributed by atoms with Crippen molar-refractivity contribution in [1.29, 1.82) is 0 Å². The number of carbonyl (C=O) groups is 1. The van der Waals surface area contributed by atoms with Crippen LogP contribution in [0.4, 0.5) is 5.82 Å². The second kappa shape index (κ2) is 9.81. The smallest absolute Gasteiger partial charge is 0.243 e. The van der Waals surface area contributed by atoms with Crippen molar-refractivity contribution in [2.45, 2.75) is 24.7 Å². The lowest BCUT2D eigenvalue weighted by molar-refractivity contribution is -0.120. The van der Waals surface area contributed by atoms with Gasteiger partial charge < -0.3 is 10.1 Å². The Hall–Kier alpha value is -2.99. The van der Waals surface area contributed by atoms with Crippen molar-refractivity contribution in [3.63, 3.8) is 0 Å². The van der Waals surface area contributed by atoms with E-state index < -0.39 is 15.9 Å². The first-order valence-electron chi connectivity index (χ1n) is 11.3. The molecule has 3 heterocycles. The zero-order valence-corrected chi connectivity index (χ0v) is 22.0. The monoisotopic (exact) mass is 545 g/mol. The summed E-state index contributed by atoms with van der Waals surface area (Å²) in [7, 11) is -2.12. The highest BCUT2D eigenvalue weighted by atomic mass is 35.5. The van der Waals surface area contributed by atoms with Crippen LogP contribution in [0.3, 0.4) is 0 Å². The minimum Gasteiger partial charge on any atom is -0.497 e. The number of hydrogen-bond acceptors (Lipinski definition) is 7. The molecule has 2 aromatic heterocycles. The number of halogens is 1. The normalized spacial score (nSPS) is 16.8. The van der Waals surface area contributed by atoms with E-state index in [1.807, 2.05) is 25.1 Å². The molecular weight excluding hydrogens is 522 g/mol. The topological polar surface area (TPSA) is 106 Å². The van der Waals surface area contributed by atoms with E-state index in [-0.39, 0.29) is 17.3 Å². The molecule has 0 aliphatic carbocycles. The number of nitrogens with one attached hydrogen (secondary N) is 1. The van der Waals surface area contributed by atoms with Crippen LogP contribution in [0, 0.1) is 12.8 Å². The molecule has 12 heteroatoms. The van der Waals surface area contributed by atoms with Crippen molar-refractivity contribution in [2.24, 2.45) is 5.92 Å². The molecule has 0 saturated carbocycles. The van der Waals surface area contributed by atoms with Crippen molar-refractivity contribution >= 4 is 54.9 Å². The Labute approximate surface area is 217 Å². The number of aryl methyl sites for hydroxylation is 1. The molecule has 1 unspecified atom stereocenters. The Kier molecular flexibility index (Phi) is 6.73. The van der Waals surface area contributed by atoms with Gasteiger partial charge in [0.15, 0.2) is 0 Å². The molecule has 0 bridgehead atoms. The molecule has 1 amide bonds. The Bertz CT molecular complexity index is 1530. The standard InChI is InChI=1S/C24H24ClN5O4S2/c1-15-12-22(30(28-15)24-26-20-13-18(34-2)7-10-21(20)35-24)27-23(31)16-4-3-11-29(14-16)36(32,33)19-8-5-17(25)6-9-19/h5-10,12-13,16H,3-4,11,14H2,1-2H3,(H,27,31). The molecule has 2 aromatic carbocycles. The van der Waals surface area contributed by atoms with Gasteiger partial charge in [-0.25, -0.2) is 13.4 Å². The van der Waals surface area contributed by atoms with E-state index in [9.17, 15) is 13.2 Å². The second-order valence-electron chi connectivity index (χ2n) is 8.56. The number of hydrogen-bond donors (Lipinski definition) is 1. The van der Waals surface area contributed by atoms with Crippen molar-refractivity contribution in [1.82, 2.24) is 19.1 Å². The number of nitrogens with zero attached hydrogens (tertiary/aromatic N) is 4. The van der Waals surface area contributed by atoms with E-state index in [1.54, 1.807) is 30.0 Å². The minimum absolute atomic E-state index is 0.102. The fraction of sp³-hybridized carbons (Fsp3) is 0.292. The minimum atomic E-state index is -3.73. The van der Waals surface area contributed by atoms with E-state index in [1.165, 1.54) is 27.8 Å². The maximum absolute atomic E-state index is 13.2. The van der Waals surface area contributed by atoms with Crippen LogP contribution in [-0.2, 0) is 14.8 Å². The van der Waals surface area contributed by atoms with Gasteiger partial charge in [0.25, 0.3) is 0 Å². The molecule has 188 valence electrons. The first-order chi connectivity index (χ1) is 17.2. The summed E-state index contributed by atoms with van der Waals surface area (Å²) in [5.74, 6) is 0.445. The molecule has 1 fully saturated rings. The summed E-state index contributed by atoms with van der Waals surface area (Å²) in [5.41, 5.74) is 1.49. The maximum Gasteiger partial charge on any atom is 0.243 e. The van der Waals surface area contributed by atoms with E-state index in [2.05, 4.69) is 15.4 Å². The number of fused-ring (bicyclic) bond motifs is 1. The van der Waals surface area contributed by atoms with Gasteiger partial charge in [0.2, 0.25) is 21.1 Å². The SMILES string of the molecule is COc1ccc2sc(-n3nc(C)cc3NC(=O)C3CCCN(S(=O)(=O)c4ccc(Cl)cc4)C3)nc2c1. The van der Waals surface area contributed by atoms with Crippen molar-refractivity contribution in [3.05, 3.63) is 59.2 Å². The van der Waals surface area contributed by atoms with Crippen molar-refractivity contribution in [2.75, 3.05) is 25.5 Å². The van der Waals surface area contributed by atoms with Gasteiger partial charge in [0.1, 0.15) is 11.6 Å². The number of amides is 1. The third-order valence-corrected chi connectivity index (χ3v) is 9.20. The summed E-state index contributed by atoms with van der Waals surface area (Å²) in [5, 5.41) is 8.54. The molecule has 0 spiro atoms. The largest absolute Gasteiger partial charge is 0.497 e. The number of aromatic nitrogens is 3. The molecule has 1 saturated heterocycles. The summed E-state index contributed by atoms with van der Waals surface area (Å²) < 4.78 is 35.5. The summed E-state index contributed by atoms with van der Waals surface area (Å²) in [6.07, 6.45) is 1.18. The fourth-order valence-corrected chi connectivity index (χ4v) is 6.77. The molecule has 0 radical (unpaired) electrons. The Balaban J connectivity index is 1.35. The van der Waals surface area contributed by atoms with E-state index in [0.717, 1.165) is 15.9 Å². The molecule has 1 aliphatic heterocycles. The number of methoxy groups -OCH3 is 1. The van der Waals surface area contributed by atoms with Gasteiger partial charge in [0, 0.05) is 30.2 Å². The maximum atomic E-state index is 13.2. The Morgan fingerprint density at radius 2 is 1.97 bits per heavy atom. The summed E-state index contributed by atoms with van der Waals surface area (Å²) >= 11 is 7.35. The molecular formula is C24H24ClN5O4S2. The van der Waals surface area contributed by atoms with Crippen molar-refractivity contribution < 1.29 is 17.9 Å². The van der Waals surface area contributed by atoms with Crippen LogP contribution >= 0.6 is 22.9 Å². The number of rotatable bonds is 6. The van der Waals surface area contributed by atoms with Gasteiger partial charge in [-0.15, -0.1) is 0 Å².